The summed E-state index contributed by atoms with van der Waals surface area (Å²) in [7, 11) is -10.8. The van der Waals surface area contributed by atoms with Gasteiger partial charge in [-0.05, 0) is 13.8 Å². The molecule has 0 saturated heterocycles. The molecule has 0 radical (unpaired) electrons. The van der Waals surface area contributed by atoms with Crippen molar-refractivity contribution in [3.05, 3.63) is 0 Å². The third-order valence-corrected chi connectivity index (χ3v) is 4.68. The lowest BCUT2D eigenvalue weighted by Crippen LogP contribution is -2.26. The number of halogens is 3. The molecule has 0 unspecified atom stereocenters. The highest BCUT2D eigenvalue weighted by atomic mass is 32.2. The van der Waals surface area contributed by atoms with Crippen molar-refractivity contribution in [2.75, 3.05) is 32.8 Å². The van der Waals surface area contributed by atoms with Crippen LogP contribution in [0.5, 0.6) is 0 Å². The van der Waals surface area contributed by atoms with Gasteiger partial charge < -0.3 is 9.47 Å². The van der Waals surface area contributed by atoms with Crippen LogP contribution in [0.2, 0.25) is 0 Å². The van der Waals surface area contributed by atoms with Crippen molar-refractivity contribution in [3.8, 4) is 0 Å². The monoisotopic (exact) mass is 416 g/mol. The third-order valence-electron chi connectivity index (χ3n) is 2.02. The van der Waals surface area contributed by atoms with Gasteiger partial charge in [0.1, 0.15) is 0 Å². The number of rotatable bonds is 11. The molecule has 0 aliphatic rings. The number of ether oxygens (including phenoxy) is 2. The lowest BCUT2D eigenvalue weighted by molar-refractivity contribution is -0.146. The maximum atomic E-state index is 12.2. The normalized spacial score (nSPS) is 12.7. The summed E-state index contributed by atoms with van der Waals surface area (Å²) in [6.07, 6.45) is -1.71. The minimum Gasteiger partial charge on any atom is -0.464 e. The highest BCUT2D eigenvalue weighted by Crippen LogP contribution is 2.49. The Hall–Kier alpha value is -1.21. The highest BCUT2D eigenvalue weighted by Gasteiger charge is 2.48. The molecule has 0 fully saturated rings. The molecular weight excluding hydrogens is 400 g/mol. The Morgan fingerprint density at radius 2 is 1.36 bits per heavy atom. The topological polar surface area (TPSA) is 132 Å². The molecule has 0 aromatic carbocycles. The van der Waals surface area contributed by atoms with Gasteiger partial charge in [-0.25, -0.2) is 9.59 Å². The van der Waals surface area contributed by atoms with E-state index in [0.29, 0.717) is 0 Å². The second kappa shape index (κ2) is 10.1. The van der Waals surface area contributed by atoms with Gasteiger partial charge in [-0.15, -0.1) is 0 Å². The second-order valence-electron chi connectivity index (χ2n) is 3.91. The lowest BCUT2D eigenvalue weighted by atomic mass is 10.7. The number of carbonyl (C=O) groups excluding carboxylic acids is 2. The summed E-state index contributed by atoms with van der Waals surface area (Å²) in [5, 5.41) is 0. The van der Waals surface area contributed by atoms with Crippen molar-refractivity contribution in [3.63, 3.8) is 0 Å². The van der Waals surface area contributed by atoms with E-state index in [4.69, 9.17) is 0 Å². The molecule has 0 aliphatic carbocycles. The first kappa shape index (κ1) is 23.8. The van der Waals surface area contributed by atoms with Crippen molar-refractivity contribution in [2.45, 2.75) is 19.4 Å². The summed E-state index contributed by atoms with van der Waals surface area (Å²) in [6.45, 7) is 0.651. The SMILES string of the molecule is CCOC(=O)COP(=O)(COS(=O)(=O)C(F)(F)F)OCC(=O)OCC. The Morgan fingerprint density at radius 1 is 0.960 bits per heavy atom. The molecule has 10 nitrogen and oxygen atoms in total. The van der Waals surface area contributed by atoms with Gasteiger partial charge in [-0.2, -0.15) is 21.6 Å². The van der Waals surface area contributed by atoms with Crippen LogP contribution < -0.4 is 0 Å². The zero-order valence-electron chi connectivity index (χ0n) is 13.1. The van der Waals surface area contributed by atoms with Crippen LogP contribution in [0, 0.1) is 0 Å². The first-order valence-corrected chi connectivity index (χ1v) is 9.65. The van der Waals surface area contributed by atoms with Crippen molar-refractivity contribution in [1.29, 1.82) is 0 Å². The van der Waals surface area contributed by atoms with Gasteiger partial charge in [0, 0.05) is 0 Å². The fraction of sp³-hybridized carbons (Fsp3) is 0.800. The highest BCUT2D eigenvalue weighted by molar-refractivity contribution is 7.87. The summed E-state index contributed by atoms with van der Waals surface area (Å²) >= 11 is 0. The molecule has 0 saturated carbocycles. The Bertz CT molecular complexity index is 577. The zero-order valence-corrected chi connectivity index (χ0v) is 14.8. The quantitative estimate of drug-likeness (QED) is 0.209. The van der Waals surface area contributed by atoms with Gasteiger partial charge in [-0.1, -0.05) is 0 Å². The molecule has 0 N–H and O–H groups in total. The van der Waals surface area contributed by atoms with Crippen LogP contribution in [0.3, 0.4) is 0 Å². The molecule has 0 aromatic heterocycles. The number of carbonyl (C=O) groups is 2. The number of hydrogen-bond acceptors (Lipinski definition) is 10. The van der Waals surface area contributed by atoms with Gasteiger partial charge >= 0.3 is 35.2 Å². The van der Waals surface area contributed by atoms with Gasteiger partial charge in [0.25, 0.3) is 0 Å². The summed E-state index contributed by atoms with van der Waals surface area (Å²) in [6, 6.07) is 0. The van der Waals surface area contributed by atoms with Crippen molar-refractivity contribution in [2.24, 2.45) is 0 Å². The van der Waals surface area contributed by atoms with Gasteiger partial charge in [0.2, 0.25) is 0 Å². The average Bonchev–Trinajstić information content (AvgIpc) is 2.49. The smallest absolute Gasteiger partial charge is 0.464 e. The van der Waals surface area contributed by atoms with Gasteiger partial charge in [-0.3, -0.25) is 17.8 Å². The molecule has 148 valence electrons. The predicted octanol–water partition coefficient (Wildman–Crippen LogP) is 1.16. The van der Waals surface area contributed by atoms with E-state index in [0.717, 1.165) is 0 Å². The number of alkyl halides is 3. The molecule has 0 aliphatic heterocycles. The van der Waals surface area contributed by atoms with Crippen LogP contribution in [-0.4, -0.2) is 58.6 Å². The first-order chi connectivity index (χ1) is 11.4. The fourth-order valence-electron chi connectivity index (χ4n) is 1.02. The Kier molecular flexibility index (Phi) is 9.58. The molecule has 0 atom stereocenters. The molecule has 0 spiro atoms. The molecule has 0 amide bonds. The van der Waals surface area contributed by atoms with Crippen LogP contribution in [0.4, 0.5) is 13.2 Å². The number of esters is 2. The standard InChI is InChI=1S/C10H16F3O10PS/c1-3-19-8(14)5-21-24(16,22-6-9(15)20-4-2)7-23-25(17,18)10(11,12)13/h3-7H2,1-2H3. The summed E-state index contributed by atoms with van der Waals surface area (Å²) < 4.78 is 91.8. The van der Waals surface area contributed by atoms with Crippen molar-refractivity contribution in [1.82, 2.24) is 0 Å². The van der Waals surface area contributed by atoms with Crippen LogP contribution in [0.15, 0.2) is 0 Å². The van der Waals surface area contributed by atoms with E-state index in [2.05, 4.69) is 22.7 Å². The van der Waals surface area contributed by atoms with E-state index >= 15 is 0 Å². The Balaban J connectivity index is 5.02. The van der Waals surface area contributed by atoms with E-state index in [1.807, 2.05) is 0 Å². The largest absolute Gasteiger partial charge is 0.523 e. The molecule has 0 heterocycles. The first-order valence-electron chi connectivity index (χ1n) is 6.52. The summed E-state index contributed by atoms with van der Waals surface area (Å²) in [4.78, 5) is 22.3. The van der Waals surface area contributed by atoms with Gasteiger partial charge in [0.15, 0.2) is 19.6 Å². The van der Waals surface area contributed by atoms with E-state index in [9.17, 15) is 35.7 Å². The molecule has 15 heteroatoms. The molecule has 0 aromatic rings. The maximum absolute atomic E-state index is 12.2. The molecule has 0 rings (SSSR count). The fourth-order valence-corrected chi connectivity index (χ4v) is 3.05. The maximum Gasteiger partial charge on any atom is 0.523 e. The predicted molar refractivity (Wildman–Crippen MR) is 73.7 cm³/mol. The summed E-state index contributed by atoms with van der Waals surface area (Å²) in [5.41, 5.74) is -5.78. The van der Waals surface area contributed by atoms with Crippen LogP contribution in [0.1, 0.15) is 13.8 Å². The van der Waals surface area contributed by atoms with E-state index in [1.165, 1.54) is 13.8 Å². The van der Waals surface area contributed by atoms with E-state index in [-0.39, 0.29) is 13.2 Å². The molecular formula is C10H16F3O10PS. The van der Waals surface area contributed by atoms with Crippen molar-refractivity contribution < 1.29 is 58.4 Å². The zero-order chi connectivity index (χ0) is 19.7. The lowest BCUT2D eigenvalue weighted by Gasteiger charge is -2.18. The van der Waals surface area contributed by atoms with Crippen LogP contribution >= 0.6 is 7.60 Å². The Labute approximate surface area is 141 Å². The van der Waals surface area contributed by atoms with Crippen LogP contribution in [0.25, 0.3) is 0 Å². The Morgan fingerprint density at radius 3 is 1.68 bits per heavy atom. The average molecular weight is 416 g/mol. The van der Waals surface area contributed by atoms with E-state index < -0.39 is 54.7 Å². The molecule has 25 heavy (non-hydrogen) atoms. The minimum absolute atomic E-state index is 0.0743. The van der Waals surface area contributed by atoms with Crippen LogP contribution in [-0.2, 0) is 47.0 Å². The number of hydrogen-bond donors (Lipinski definition) is 0. The second-order valence-corrected chi connectivity index (χ2v) is 7.52. The third kappa shape index (κ3) is 9.16. The van der Waals surface area contributed by atoms with E-state index in [1.54, 1.807) is 0 Å². The minimum atomic E-state index is -6.09. The van der Waals surface area contributed by atoms with Gasteiger partial charge in [0.05, 0.1) is 13.2 Å². The summed E-state index contributed by atoms with van der Waals surface area (Å²) in [5.74, 6) is -2.11. The molecule has 0 bridgehead atoms. The van der Waals surface area contributed by atoms with Crippen molar-refractivity contribution >= 4 is 29.7 Å².